The van der Waals surface area contributed by atoms with Crippen molar-refractivity contribution in [2.75, 3.05) is 13.7 Å². The van der Waals surface area contributed by atoms with Gasteiger partial charge in [0.1, 0.15) is 17.2 Å². The van der Waals surface area contributed by atoms with Gasteiger partial charge in [-0.3, -0.25) is 14.6 Å². The number of pyridine rings is 1. The number of hydrogen-bond acceptors (Lipinski definition) is 5. The summed E-state index contributed by atoms with van der Waals surface area (Å²) < 4.78 is 10.7. The minimum absolute atomic E-state index is 0.0608. The Bertz CT molecular complexity index is 735. The first-order valence-corrected chi connectivity index (χ1v) is 7.64. The minimum Gasteiger partial charge on any atom is -0.481 e. The van der Waals surface area contributed by atoms with Gasteiger partial charge >= 0.3 is 5.97 Å². The second-order valence-corrected chi connectivity index (χ2v) is 5.81. The largest absolute Gasteiger partial charge is 0.481 e. The number of methoxy groups -OCH3 is 1. The van der Waals surface area contributed by atoms with Gasteiger partial charge < -0.3 is 19.9 Å². The number of rotatable bonds is 8. The summed E-state index contributed by atoms with van der Waals surface area (Å²) in [7, 11) is 1.44. The highest BCUT2D eigenvalue weighted by Gasteiger charge is 2.30. The maximum atomic E-state index is 12.4. The van der Waals surface area contributed by atoms with Crippen LogP contribution in [-0.4, -0.2) is 41.2 Å². The van der Waals surface area contributed by atoms with Gasteiger partial charge in [-0.2, -0.15) is 0 Å². The molecule has 7 heteroatoms. The van der Waals surface area contributed by atoms with Crippen LogP contribution in [0.3, 0.4) is 0 Å². The summed E-state index contributed by atoms with van der Waals surface area (Å²) in [6.45, 7) is 1.66. The van der Waals surface area contributed by atoms with Gasteiger partial charge in [-0.25, -0.2) is 0 Å². The average Bonchev–Trinajstić information content (AvgIpc) is 2.55. The Morgan fingerprint density at radius 2 is 1.92 bits per heavy atom. The third-order valence-electron chi connectivity index (χ3n) is 3.36. The Labute approximate surface area is 145 Å². The van der Waals surface area contributed by atoms with Crippen molar-refractivity contribution in [1.29, 1.82) is 0 Å². The van der Waals surface area contributed by atoms with Crippen molar-refractivity contribution in [2.45, 2.75) is 18.9 Å². The molecule has 2 aromatic rings. The van der Waals surface area contributed by atoms with Crippen LogP contribution >= 0.6 is 0 Å². The van der Waals surface area contributed by atoms with E-state index in [0.29, 0.717) is 11.5 Å². The van der Waals surface area contributed by atoms with E-state index in [2.05, 4.69) is 10.3 Å². The standard InChI is InChI=1S/C18H20N2O5/c1-18(12-24-2,11-16(21)22)20-17(23)15-10-14(8-9-19-15)25-13-6-4-3-5-7-13/h3-10H,11-12H2,1-2H3,(H,20,23)(H,21,22). The molecule has 2 N–H and O–H groups in total. The van der Waals surface area contributed by atoms with Crippen molar-refractivity contribution >= 4 is 11.9 Å². The third-order valence-corrected chi connectivity index (χ3v) is 3.36. The number of carboxylic acid groups (broad SMARTS) is 1. The summed E-state index contributed by atoms with van der Waals surface area (Å²) in [5.41, 5.74) is -0.920. The number of carboxylic acids is 1. The van der Waals surface area contributed by atoms with Crippen LogP contribution in [0, 0.1) is 0 Å². The lowest BCUT2D eigenvalue weighted by molar-refractivity contribution is -0.139. The summed E-state index contributed by atoms with van der Waals surface area (Å²) >= 11 is 0. The van der Waals surface area contributed by atoms with Crippen LogP contribution in [0.15, 0.2) is 48.7 Å². The molecule has 0 aliphatic heterocycles. The Morgan fingerprint density at radius 1 is 1.20 bits per heavy atom. The normalized spacial score (nSPS) is 12.9. The van der Waals surface area contributed by atoms with E-state index in [1.54, 1.807) is 25.1 Å². The lowest BCUT2D eigenvalue weighted by Gasteiger charge is -2.28. The number of carbonyl (C=O) groups excluding carboxylic acids is 1. The Morgan fingerprint density at radius 3 is 2.56 bits per heavy atom. The number of nitrogens with one attached hydrogen (secondary N) is 1. The second kappa shape index (κ2) is 8.25. The first-order chi connectivity index (χ1) is 11.9. The molecule has 0 aliphatic carbocycles. The number of amides is 1. The van der Waals surface area contributed by atoms with Crippen molar-refractivity contribution < 1.29 is 24.2 Å². The summed E-state index contributed by atoms with van der Waals surface area (Å²) in [6.07, 6.45) is 1.19. The van der Waals surface area contributed by atoms with Gasteiger partial charge in [0, 0.05) is 19.4 Å². The average molecular weight is 344 g/mol. The molecule has 1 unspecified atom stereocenters. The van der Waals surface area contributed by atoms with Crippen molar-refractivity contribution in [3.8, 4) is 11.5 Å². The fourth-order valence-corrected chi connectivity index (χ4v) is 2.35. The smallest absolute Gasteiger partial charge is 0.305 e. The Kier molecular flexibility index (Phi) is 6.08. The van der Waals surface area contributed by atoms with E-state index >= 15 is 0 Å². The summed E-state index contributed by atoms with van der Waals surface area (Å²) in [5, 5.41) is 11.7. The van der Waals surface area contributed by atoms with Gasteiger partial charge in [0.15, 0.2) is 0 Å². The van der Waals surface area contributed by atoms with E-state index in [0.717, 1.165) is 0 Å². The quantitative estimate of drug-likeness (QED) is 0.763. The zero-order valence-electron chi connectivity index (χ0n) is 14.1. The van der Waals surface area contributed by atoms with E-state index in [4.69, 9.17) is 14.6 Å². The van der Waals surface area contributed by atoms with Crippen LogP contribution in [0.4, 0.5) is 0 Å². The molecule has 1 atom stereocenters. The summed E-state index contributed by atoms with van der Waals surface area (Å²) in [5.74, 6) is -0.443. The molecule has 0 aliphatic rings. The lowest BCUT2D eigenvalue weighted by Crippen LogP contribution is -2.50. The molecule has 0 spiro atoms. The van der Waals surface area contributed by atoms with E-state index in [-0.39, 0.29) is 18.7 Å². The van der Waals surface area contributed by atoms with Crippen molar-refractivity contribution in [3.63, 3.8) is 0 Å². The van der Waals surface area contributed by atoms with Crippen LogP contribution in [0.5, 0.6) is 11.5 Å². The van der Waals surface area contributed by atoms with Crippen LogP contribution in [0.2, 0.25) is 0 Å². The number of hydrogen-bond donors (Lipinski definition) is 2. The lowest BCUT2D eigenvalue weighted by atomic mass is 9.98. The highest BCUT2D eigenvalue weighted by molar-refractivity contribution is 5.93. The minimum atomic E-state index is -1.05. The molecule has 0 bridgehead atoms. The highest BCUT2D eigenvalue weighted by Crippen LogP contribution is 2.21. The van der Waals surface area contributed by atoms with E-state index < -0.39 is 17.4 Å². The number of benzene rings is 1. The molecule has 0 saturated heterocycles. The first-order valence-electron chi connectivity index (χ1n) is 7.64. The molecule has 0 saturated carbocycles. The molecule has 1 aromatic heterocycles. The zero-order chi connectivity index (χ0) is 18.3. The maximum absolute atomic E-state index is 12.4. The zero-order valence-corrected chi connectivity index (χ0v) is 14.1. The second-order valence-electron chi connectivity index (χ2n) is 5.81. The molecular weight excluding hydrogens is 324 g/mol. The molecule has 1 amide bonds. The van der Waals surface area contributed by atoms with Gasteiger partial charge in [0.25, 0.3) is 5.91 Å². The monoisotopic (exact) mass is 344 g/mol. The summed E-state index contributed by atoms with van der Waals surface area (Å²) in [6, 6.07) is 12.3. The van der Waals surface area contributed by atoms with E-state index in [1.165, 1.54) is 19.4 Å². The maximum Gasteiger partial charge on any atom is 0.305 e. The number of ether oxygens (including phenoxy) is 2. The Balaban J connectivity index is 2.13. The molecule has 2 rings (SSSR count). The van der Waals surface area contributed by atoms with Gasteiger partial charge in [-0.1, -0.05) is 18.2 Å². The fraction of sp³-hybridized carbons (Fsp3) is 0.278. The van der Waals surface area contributed by atoms with Gasteiger partial charge in [-0.15, -0.1) is 0 Å². The molecule has 132 valence electrons. The van der Waals surface area contributed by atoms with Crippen LogP contribution in [0.1, 0.15) is 23.8 Å². The van der Waals surface area contributed by atoms with Crippen LogP contribution in [-0.2, 0) is 9.53 Å². The molecule has 0 radical (unpaired) electrons. The fourth-order valence-electron chi connectivity index (χ4n) is 2.35. The number of carbonyl (C=O) groups is 2. The van der Waals surface area contributed by atoms with E-state index in [9.17, 15) is 9.59 Å². The predicted molar refractivity (Wildman–Crippen MR) is 90.8 cm³/mol. The van der Waals surface area contributed by atoms with E-state index in [1.807, 2.05) is 18.2 Å². The molecule has 0 fully saturated rings. The molecule has 25 heavy (non-hydrogen) atoms. The number of nitrogens with zero attached hydrogens (tertiary/aromatic N) is 1. The number of para-hydroxylation sites is 1. The van der Waals surface area contributed by atoms with Crippen molar-refractivity contribution in [1.82, 2.24) is 10.3 Å². The van der Waals surface area contributed by atoms with Gasteiger partial charge in [0.2, 0.25) is 0 Å². The summed E-state index contributed by atoms with van der Waals surface area (Å²) in [4.78, 5) is 27.5. The third kappa shape index (κ3) is 5.58. The highest BCUT2D eigenvalue weighted by atomic mass is 16.5. The van der Waals surface area contributed by atoms with Crippen LogP contribution in [0.25, 0.3) is 0 Å². The topological polar surface area (TPSA) is 97.8 Å². The van der Waals surface area contributed by atoms with Gasteiger partial charge in [-0.05, 0) is 25.1 Å². The number of aliphatic carboxylic acids is 1. The molecule has 1 aromatic carbocycles. The predicted octanol–water partition coefficient (Wildman–Crippen LogP) is 2.48. The Hall–Kier alpha value is -2.93. The van der Waals surface area contributed by atoms with Crippen molar-refractivity contribution in [2.24, 2.45) is 0 Å². The first kappa shape index (κ1) is 18.4. The molecular formula is C18H20N2O5. The van der Waals surface area contributed by atoms with Crippen LogP contribution < -0.4 is 10.1 Å². The number of aromatic nitrogens is 1. The van der Waals surface area contributed by atoms with Crippen molar-refractivity contribution in [3.05, 3.63) is 54.4 Å². The molecule has 7 nitrogen and oxygen atoms in total. The van der Waals surface area contributed by atoms with Gasteiger partial charge in [0.05, 0.1) is 18.6 Å². The molecule has 1 heterocycles. The SMILES string of the molecule is COCC(C)(CC(=O)O)NC(=O)c1cc(Oc2ccccc2)ccn1.